The van der Waals surface area contributed by atoms with E-state index >= 15 is 0 Å². The number of nitrogens with one attached hydrogen (secondary N) is 4. The first-order valence-electron chi connectivity index (χ1n) is 13.7. The van der Waals surface area contributed by atoms with Crippen LogP contribution in [0.25, 0.3) is 21.1 Å². The molecular weight excluding hydrogens is 542 g/mol. The molecule has 5 rings (SSSR count). The number of aromatic amines is 1. The van der Waals surface area contributed by atoms with Gasteiger partial charge in [-0.2, -0.15) is 0 Å². The van der Waals surface area contributed by atoms with E-state index in [2.05, 4.69) is 25.9 Å². The fourth-order valence-corrected chi connectivity index (χ4v) is 6.11. The average Bonchev–Trinajstić information content (AvgIpc) is 3.69. The summed E-state index contributed by atoms with van der Waals surface area (Å²) in [5.41, 5.74) is 1.72. The summed E-state index contributed by atoms with van der Waals surface area (Å²) in [5, 5.41) is 9.53. The summed E-state index contributed by atoms with van der Waals surface area (Å²) in [7, 11) is 1.56. The van der Waals surface area contributed by atoms with Crippen molar-refractivity contribution in [3.05, 3.63) is 59.2 Å². The van der Waals surface area contributed by atoms with Crippen molar-refractivity contribution in [1.29, 1.82) is 0 Å². The van der Waals surface area contributed by atoms with Crippen LogP contribution >= 0.6 is 11.3 Å². The zero-order valence-corrected chi connectivity index (χ0v) is 24.0. The minimum absolute atomic E-state index is 0.0767. The number of nitrogens with zero attached hydrogens (tertiary/aromatic N) is 1. The summed E-state index contributed by atoms with van der Waals surface area (Å²) in [6.07, 6.45) is 1.08. The first-order chi connectivity index (χ1) is 19.7. The highest BCUT2D eigenvalue weighted by molar-refractivity contribution is 7.20. The molecule has 2 aromatic heterocycles. The zero-order chi connectivity index (χ0) is 29.1. The molecule has 0 radical (unpaired) electrons. The van der Waals surface area contributed by atoms with E-state index in [0.717, 1.165) is 15.6 Å². The predicted molar refractivity (Wildman–Crippen MR) is 157 cm³/mol. The topological polar surface area (TPSA) is 142 Å². The number of ether oxygens (including phenoxy) is 1. The Morgan fingerprint density at radius 1 is 1.10 bits per heavy atom. The minimum Gasteiger partial charge on any atom is -0.496 e. The van der Waals surface area contributed by atoms with Gasteiger partial charge in [0.05, 0.1) is 23.4 Å². The van der Waals surface area contributed by atoms with Gasteiger partial charge in [-0.15, -0.1) is 11.3 Å². The Morgan fingerprint density at radius 3 is 2.61 bits per heavy atom. The number of hydrogen-bond donors (Lipinski definition) is 4. The van der Waals surface area contributed by atoms with Gasteiger partial charge in [-0.3, -0.25) is 19.2 Å². The second-order valence-corrected chi connectivity index (χ2v) is 11.7. The molecule has 4 N–H and O–H groups in total. The van der Waals surface area contributed by atoms with Crippen molar-refractivity contribution >= 4 is 56.0 Å². The molecule has 0 unspecified atom stereocenters. The Morgan fingerprint density at radius 2 is 1.90 bits per heavy atom. The molecule has 3 atom stereocenters. The lowest BCUT2D eigenvalue weighted by Crippen LogP contribution is -2.52. The molecule has 1 aliphatic rings. The number of aromatic nitrogens is 2. The standard InChI is InChI=1S/C30H33N5O5S/c1-16(2)13-22(34-29(39)23-15-18-19(32-23)8-6-9-24(18)40-3)28(38)33-21(14-17-11-12-31-27(17)37)26(36)30-35-20-7-4-5-10-25(20)41-30/h4-10,15-17,21-22,32H,11-14H2,1-3H3,(H,31,37)(H,33,38)(H,34,39)/t17-,21-,22-/m0/s1. The first-order valence-corrected chi connectivity index (χ1v) is 14.5. The number of benzene rings is 2. The van der Waals surface area contributed by atoms with E-state index in [1.807, 2.05) is 50.2 Å². The number of Topliss-reactive ketones (excluding diaryl/α,β-unsaturated/α-hetero) is 1. The van der Waals surface area contributed by atoms with Crippen LogP contribution in [-0.4, -0.2) is 59.2 Å². The number of H-pyrrole nitrogens is 1. The van der Waals surface area contributed by atoms with Crippen LogP contribution in [0.15, 0.2) is 48.5 Å². The van der Waals surface area contributed by atoms with Crippen molar-refractivity contribution in [3.63, 3.8) is 0 Å². The number of ketones is 1. The summed E-state index contributed by atoms with van der Waals surface area (Å²) in [6, 6.07) is 12.7. The molecule has 4 aromatic rings. The molecular formula is C30H33N5O5S. The number of amides is 3. The summed E-state index contributed by atoms with van der Waals surface area (Å²) in [5.74, 6) is -1.13. The normalized spacial score (nSPS) is 16.5. The lowest BCUT2D eigenvalue weighted by molar-refractivity contribution is -0.125. The van der Waals surface area contributed by atoms with Crippen molar-refractivity contribution in [2.24, 2.45) is 11.8 Å². The van der Waals surface area contributed by atoms with Crippen LogP contribution in [0.3, 0.4) is 0 Å². The summed E-state index contributed by atoms with van der Waals surface area (Å²) < 4.78 is 6.26. The van der Waals surface area contributed by atoms with Crippen LogP contribution in [0.2, 0.25) is 0 Å². The second-order valence-electron chi connectivity index (χ2n) is 10.7. The Hall–Kier alpha value is -4.25. The van der Waals surface area contributed by atoms with Crippen molar-refractivity contribution in [2.45, 2.75) is 45.2 Å². The van der Waals surface area contributed by atoms with E-state index in [1.54, 1.807) is 19.2 Å². The van der Waals surface area contributed by atoms with Crippen LogP contribution < -0.4 is 20.7 Å². The highest BCUT2D eigenvalue weighted by atomic mass is 32.1. The number of carbonyl (C=O) groups excluding carboxylic acids is 4. The molecule has 0 bridgehead atoms. The molecule has 10 nitrogen and oxygen atoms in total. The summed E-state index contributed by atoms with van der Waals surface area (Å²) in [6.45, 7) is 4.43. The molecule has 1 aliphatic heterocycles. The van der Waals surface area contributed by atoms with E-state index in [0.29, 0.717) is 30.7 Å². The van der Waals surface area contributed by atoms with Crippen molar-refractivity contribution in [3.8, 4) is 5.75 Å². The van der Waals surface area contributed by atoms with Gasteiger partial charge in [-0.1, -0.05) is 32.0 Å². The summed E-state index contributed by atoms with van der Waals surface area (Å²) >= 11 is 1.25. The zero-order valence-electron chi connectivity index (χ0n) is 23.2. The minimum atomic E-state index is -0.971. The molecule has 0 saturated carbocycles. The molecule has 3 heterocycles. The maximum Gasteiger partial charge on any atom is 0.268 e. The number of methoxy groups -OCH3 is 1. The van der Waals surface area contributed by atoms with Gasteiger partial charge in [0, 0.05) is 23.4 Å². The van der Waals surface area contributed by atoms with Crippen LogP contribution in [0.1, 0.15) is 53.4 Å². The largest absolute Gasteiger partial charge is 0.496 e. The lowest BCUT2D eigenvalue weighted by Gasteiger charge is -2.24. The Labute approximate surface area is 241 Å². The highest BCUT2D eigenvalue weighted by Gasteiger charge is 2.35. The molecule has 0 aliphatic carbocycles. The predicted octanol–water partition coefficient (Wildman–Crippen LogP) is 3.82. The molecule has 11 heteroatoms. The molecule has 3 amide bonds. The number of hydrogen-bond acceptors (Lipinski definition) is 7. The third-order valence-electron chi connectivity index (χ3n) is 7.24. The van der Waals surface area contributed by atoms with Crippen LogP contribution in [0.4, 0.5) is 0 Å². The van der Waals surface area contributed by atoms with Gasteiger partial charge in [-0.05, 0) is 55.5 Å². The van der Waals surface area contributed by atoms with Gasteiger partial charge < -0.3 is 25.7 Å². The average molecular weight is 576 g/mol. The van der Waals surface area contributed by atoms with E-state index in [1.165, 1.54) is 11.3 Å². The molecule has 0 spiro atoms. The molecule has 214 valence electrons. The molecule has 1 fully saturated rings. The monoisotopic (exact) mass is 575 g/mol. The van der Waals surface area contributed by atoms with E-state index in [9.17, 15) is 19.2 Å². The van der Waals surface area contributed by atoms with Crippen LogP contribution in [0.5, 0.6) is 5.75 Å². The van der Waals surface area contributed by atoms with E-state index in [4.69, 9.17) is 4.74 Å². The van der Waals surface area contributed by atoms with E-state index < -0.39 is 29.8 Å². The number of para-hydroxylation sites is 1. The van der Waals surface area contributed by atoms with Gasteiger partial charge in [0.15, 0.2) is 5.01 Å². The quantitative estimate of drug-likeness (QED) is 0.200. The first kappa shape index (κ1) is 28.3. The number of fused-ring (bicyclic) bond motifs is 2. The summed E-state index contributed by atoms with van der Waals surface area (Å²) in [4.78, 5) is 60.6. The molecule has 41 heavy (non-hydrogen) atoms. The van der Waals surface area contributed by atoms with Crippen molar-refractivity contribution in [1.82, 2.24) is 25.9 Å². The van der Waals surface area contributed by atoms with Crippen molar-refractivity contribution < 1.29 is 23.9 Å². The fourth-order valence-electron chi connectivity index (χ4n) is 5.15. The van der Waals surface area contributed by atoms with Gasteiger partial charge in [0.25, 0.3) is 5.91 Å². The third kappa shape index (κ3) is 6.25. The maximum absolute atomic E-state index is 13.7. The smallest absolute Gasteiger partial charge is 0.268 e. The van der Waals surface area contributed by atoms with Crippen molar-refractivity contribution in [2.75, 3.05) is 13.7 Å². The third-order valence-corrected chi connectivity index (χ3v) is 8.29. The Bertz CT molecular complexity index is 1580. The fraction of sp³-hybridized carbons (Fsp3) is 0.367. The number of rotatable bonds is 11. The van der Waals surface area contributed by atoms with Crippen LogP contribution in [-0.2, 0) is 9.59 Å². The van der Waals surface area contributed by atoms with E-state index in [-0.39, 0.29) is 34.7 Å². The molecule has 2 aromatic carbocycles. The number of carbonyl (C=O) groups is 4. The lowest BCUT2D eigenvalue weighted by atomic mass is 9.95. The Balaban J connectivity index is 1.38. The highest BCUT2D eigenvalue weighted by Crippen LogP contribution is 2.27. The van der Waals surface area contributed by atoms with Crippen LogP contribution in [0, 0.1) is 11.8 Å². The SMILES string of the molecule is COc1cccc2[nH]c(C(=O)N[C@@H](CC(C)C)C(=O)N[C@@H](C[C@@H]3CCNC3=O)C(=O)c3nc4ccccc4s3)cc12. The Kier molecular flexibility index (Phi) is 8.34. The maximum atomic E-state index is 13.7. The van der Waals surface area contributed by atoms with Gasteiger partial charge in [-0.25, -0.2) is 4.98 Å². The van der Waals surface area contributed by atoms with Gasteiger partial charge in [0.1, 0.15) is 17.5 Å². The van der Waals surface area contributed by atoms with Gasteiger partial charge in [0.2, 0.25) is 17.6 Å². The number of thiazole rings is 1. The molecule has 1 saturated heterocycles. The second kappa shape index (κ2) is 12.1. The van der Waals surface area contributed by atoms with Gasteiger partial charge >= 0.3 is 0 Å².